The second-order valence-corrected chi connectivity index (χ2v) is 7.06. The number of benzene rings is 1. The summed E-state index contributed by atoms with van der Waals surface area (Å²) in [4.78, 5) is 30.7. The Morgan fingerprint density at radius 1 is 1.14 bits per heavy atom. The molecular formula is C21H27N3O4. The molecule has 0 spiro atoms. The maximum Gasteiger partial charge on any atom is 0.254 e. The van der Waals surface area contributed by atoms with Crippen LogP contribution in [0.4, 0.5) is 0 Å². The largest absolute Gasteiger partial charge is 0.497 e. The summed E-state index contributed by atoms with van der Waals surface area (Å²) in [5, 5.41) is 0. The number of amides is 2. The highest BCUT2D eigenvalue weighted by molar-refractivity contribution is 5.94. The van der Waals surface area contributed by atoms with Gasteiger partial charge in [0.1, 0.15) is 17.3 Å². The fraction of sp³-hybridized carbons (Fsp3) is 0.429. The predicted octanol–water partition coefficient (Wildman–Crippen LogP) is 2.01. The lowest BCUT2D eigenvalue weighted by molar-refractivity contribution is -0.132. The van der Waals surface area contributed by atoms with Gasteiger partial charge in [-0.3, -0.25) is 14.5 Å². The second-order valence-electron chi connectivity index (χ2n) is 7.06. The number of likely N-dealkylation sites (N-methyl/N-ethyl adjacent to an activating group) is 1. The Morgan fingerprint density at radius 3 is 2.54 bits per heavy atom. The molecule has 7 heteroatoms. The number of rotatable bonds is 6. The third-order valence-electron chi connectivity index (χ3n) is 4.95. The highest BCUT2D eigenvalue weighted by Gasteiger charge is 2.24. The van der Waals surface area contributed by atoms with E-state index < -0.39 is 0 Å². The van der Waals surface area contributed by atoms with Crippen molar-refractivity contribution < 1.29 is 18.7 Å². The van der Waals surface area contributed by atoms with E-state index in [4.69, 9.17) is 9.15 Å². The molecular weight excluding hydrogens is 358 g/mol. The van der Waals surface area contributed by atoms with Crippen molar-refractivity contribution in [3.63, 3.8) is 0 Å². The molecule has 1 saturated heterocycles. The summed E-state index contributed by atoms with van der Waals surface area (Å²) in [6, 6.07) is 11.0. The number of hydrogen-bond acceptors (Lipinski definition) is 5. The number of methoxy groups -OCH3 is 1. The molecule has 0 saturated carbocycles. The van der Waals surface area contributed by atoms with Gasteiger partial charge in [0, 0.05) is 38.8 Å². The lowest BCUT2D eigenvalue weighted by Crippen LogP contribution is -2.51. The standard InChI is InChI=1S/C21H27N3O4/c1-16-7-8-19(28-16)14-22(2)20(25)15-23-9-11-24(12-10-23)21(26)17-5-4-6-18(13-17)27-3/h4-8,13H,9-12,14-15H2,1-3H3. The third-order valence-corrected chi connectivity index (χ3v) is 4.95. The molecule has 28 heavy (non-hydrogen) atoms. The van der Waals surface area contributed by atoms with Crippen molar-refractivity contribution in [1.29, 1.82) is 0 Å². The van der Waals surface area contributed by atoms with E-state index in [1.807, 2.05) is 36.1 Å². The van der Waals surface area contributed by atoms with Crippen molar-refractivity contribution in [2.75, 3.05) is 46.9 Å². The number of hydrogen-bond donors (Lipinski definition) is 0. The van der Waals surface area contributed by atoms with Crippen LogP contribution >= 0.6 is 0 Å². The molecule has 2 aromatic rings. The molecule has 2 amide bonds. The van der Waals surface area contributed by atoms with E-state index in [1.54, 1.807) is 31.2 Å². The first-order valence-electron chi connectivity index (χ1n) is 9.41. The van der Waals surface area contributed by atoms with Gasteiger partial charge in [0.15, 0.2) is 0 Å². The molecule has 3 rings (SSSR count). The molecule has 2 heterocycles. The zero-order chi connectivity index (χ0) is 20.1. The van der Waals surface area contributed by atoms with Gasteiger partial charge >= 0.3 is 0 Å². The van der Waals surface area contributed by atoms with Crippen LogP contribution in [0.2, 0.25) is 0 Å². The van der Waals surface area contributed by atoms with E-state index in [2.05, 4.69) is 4.90 Å². The van der Waals surface area contributed by atoms with E-state index >= 15 is 0 Å². The van der Waals surface area contributed by atoms with Crippen molar-refractivity contribution in [3.8, 4) is 5.75 Å². The Bertz CT molecular complexity index is 825. The molecule has 0 unspecified atom stereocenters. The molecule has 150 valence electrons. The van der Waals surface area contributed by atoms with Crippen LogP contribution < -0.4 is 4.74 Å². The van der Waals surface area contributed by atoms with Gasteiger partial charge < -0.3 is 19.0 Å². The summed E-state index contributed by atoms with van der Waals surface area (Å²) in [6.07, 6.45) is 0. The van der Waals surface area contributed by atoms with Gasteiger partial charge in [-0.2, -0.15) is 0 Å². The SMILES string of the molecule is COc1cccc(C(=O)N2CCN(CC(=O)N(C)Cc3ccc(C)o3)CC2)c1. The van der Waals surface area contributed by atoms with Gasteiger partial charge in [-0.15, -0.1) is 0 Å². The van der Waals surface area contributed by atoms with E-state index in [9.17, 15) is 9.59 Å². The monoisotopic (exact) mass is 385 g/mol. The molecule has 1 aromatic heterocycles. The van der Waals surface area contributed by atoms with Crippen molar-refractivity contribution in [2.45, 2.75) is 13.5 Å². The summed E-state index contributed by atoms with van der Waals surface area (Å²) in [5.41, 5.74) is 0.623. The summed E-state index contributed by atoms with van der Waals surface area (Å²) >= 11 is 0. The van der Waals surface area contributed by atoms with Gasteiger partial charge in [-0.25, -0.2) is 0 Å². The van der Waals surface area contributed by atoms with Gasteiger partial charge in [0.25, 0.3) is 5.91 Å². The molecule has 0 bridgehead atoms. The number of piperazine rings is 1. The first-order valence-corrected chi connectivity index (χ1v) is 9.41. The maximum absolute atomic E-state index is 12.7. The summed E-state index contributed by atoms with van der Waals surface area (Å²) < 4.78 is 10.7. The smallest absolute Gasteiger partial charge is 0.254 e. The van der Waals surface area contributed by atoms with Crippen LogP contribution in [0.25, 0.3) is 0 Å². The number of ether oxygens (including phenoxy) is 1. The first kappa shape index (κ1) is 19.9. The summed E-state index contributed by atoms with van der Waals surface area (Å²) in [7, 11) is 3.37. The van der Waals surface area contributed by atoms with E-state index in [1.165, 1.54) is 0 Å². The van der Waals surface area contributed by atoms with Crippen molar-refractivity contribution >= 4 is 11.8 Å². The Kier molecular flexibility index (Phi) is 6.36. The number of carbonyl (C=O) groups is 2. The fourth-order valence-electron chi connectivity index (χ4n) is 3.25. The van der Waals surface area contributed by atoms with Crippen LogP contribution in [0.5, 0.6) is 5.75 Å². The summed E-state index contributed by atoms with van der Waals surface area (Å²) in [5.74, 6) is 2.33. The van der Waals surface area contributed by atoms with Crippen LogP contribution in [0.15, 0.2) is 40.8 Å². The first-order chi connectivity index (χ1) is 13.5. The molecule has 1 aliphatic heterocycles. The molecule has 1 fully saturated rings. The number of aryl methyl sites for hydroxylation is 1. The second kappa shape index (κ2) is 8.93. The molecule has 0 aliphatic carbocycles. The van der Waals surface area contributed by atoms with Crippen molar-refractivity contribution in [3.05, 3.63) is 53.5 Å². The van der Waals surface area contributed by atoms with Crippen LogP contribution in [0, 0.1) is 6.92 Å². The van der Waals surface area contributed by atoms with Gasteiger partial charge in [-0.05, 0) is 37.3 Å². The van der Waals surface area contributed by atoms with Crippen molar-refractivity contribution in [2.24, 2.45) is 0 Å². The maximum atomic E-state index is 12.7. The van der Waals surface area contributed by atoms with Crippen LogP contribution in [-0.2, 0) is 11.3 Å². The predicted molar refractivity (Wildman–Crippen MR) is 105 cm³/mol. The normalized spacial score (nSPS) is 14.8. The molecule has 7 nitrogen and oxygen atoms in total. The minimum Gasteiger partial charge on any atom is -0.497 e. The number of furan rings is 1. The Labute approximate surface area is 165 Å². The van der Waals surface area contributed by atoms with Gasteiger partial charge in [0.2, 0.25) is 5.91 Å². The van der Waals surface area contributed by atoms with E-state index in [0.717, 1.165) is 11.5 Å². The third kappa shape index (κ3) is 4.92. The van der Waals surface area contributed by atoms with Crippen molar-refractivity contribution in [1.82, 2.24) is 14.7 Å². The number of carbonyl (C=O) groups excluding carboxylic acids is 2. The van der Waals surface area contributed by atoms with Gasteiger partial charge in [-0.1, -0.05) is 6.07 Å². The highest BCUT2D eigenvalue weighted by Crippen LogP contribution is 2.16. The Hall–Kier alpha value is -2.80. The molecule has 0 radical (unpaired) electrons. The average molecular weight is 385 g/mol. The zero-order valence-corrected chi connectivity index (χ0v) is 16.7. The molecule has 1 aromatic carbocycles. The number of nitrogens with zero attached hydrogens (tertiary/aromatic N) is 3. The van der Waals surface area contributed by atoms with E-state index in [-0.39, 0.29) is 11.8 Å². The molecule has 0 N–H and O–H groups in total. The topological polar surface area (TPSA) is 66.2 Å². The fourth-order valence-corrected chi connectivity index (χ4v) is 3.25. The zero-order valence-electron chi connectivity index (χ0n) is 16.7. The lowest BCUT2D eigenvalue weighted by Gasteiger charge is -2.35. The minimum absolute atomic E-state index is 0.00446. The molecule has 0 atom stereocenters. The lowest BCUT2D eigenvalue weighted by atomic mass is 10.1. The Balaban J connectivity index is 1.48. The Morgan fingerprint density at radius 2 is 1.89 bits per heavy atom. The highest BCUT2D eigenvalue weighted by atomic mass is 16.5. The quantitative estimate of drug-likeness (QED) is 0.761. The summed E-state index contributed by atoms with van der Waals surface area (Å²) in [6.45, 7) is 5.25. The molecule has 1 aliphatic rings. The van der Waals surface area contributed by atoms with Gasteiger partial charge in [0.05, 0.1) is 20.2 Å². The van der Waals surface area contributed by atoms with Crippen LogP contribution in [0.1, 0.15) is 21.9 Å². The minimum atomic E-state index is -0.00446. The average Bonchev–Trinajstić information content (AvgIpc) is 3.12. The van der Waals surface area contributed by atoms with Crippen LogP contribution in [0.3, 0.4) is 0 Å². The van der Waals surface area contributed by atoms with E-state index in [0.29, 0.717) is 50.6 Å². The van der Waals surface area contributed by atoms with Crippen LogP contribution in [-0.4, -0.2) is 73.4 Å².